The van der Waals surface area contributed by atoms with E-state index in [2.05, 4.69) is 13.0 Å². The second kappa shape index (κ2) is 7.77. The molecule has 0 fully saturated rings. The van der Waals surface area contributed by atoms with Crippen LogP contribution in [0.2, 0.25) is 0 Å². The van der Waals surface area contributed by atoms with Crippen LogP contribution in [0.3, 0.4) is 0 Å². The number of ketones is 1. The summed E-state index contributed by atoms with van der Waals surface area (Å²) in [5.74, 6) is -0.216. The molecule has 0 atom stereocenters. The monoisotopic (exact) mass is 326 g/mol. The van der Waals surface area contributed by atoms with Crippen LogP contribution in [0.25, 0.3) is 11.1 Å². The van der Waals surface area contributed by atoms with Crippen LogP contribution in [-0.2, 0) is 11.2 Å². The number of carboxylic acid groups (broad SMARTS) is 1. The Bertz CT molecular complexity index is 762. The molecule has 4 heteroatoms. The molecule has 4 nitrogen and oxygen atoms in total. The van der Waals surface area contributed by atoms with Crippen molar-refractivity contribution in [1.29, 1.82) is 0 Å². The third-order valence-corrected chi connectivity index (χ3v) is 4.09. The van der Waals surface area contributed by atoms with Gasteiger partial charge in [0.25, 0.3) is 0 Å². The molecule has 0 heterocycles. The van der Waals surface area contributed by atoms with Crippen LogP contribution in [0.1, 0.15) is 41.3 Å². The Balaban J connectivity index is 2.29. The van der Waals surface area contributed by atoms with E-state index in [-0.39, 0.29) is 18.6 Å². The summed E-state index contributed by atoms with van der Waals surface area (Å²) >= 11 is 0. The lowest BCUT2D eigenvalue weighted by atomic mass is 9.95. The SMILES string of the molecule is CCc1cc(-c2ccc(C(=O)CCC(=O)O)c(C)c2)ccc1OC. The average Bonchev–Trinajstić information content (AvgIpc) is 2.58. The number of carbonyl (C=O) groups is 2. The normalized spacial score (nSPS) is 10.5. The number of hydrogen-bond donors (Lipinski definition) is 1. The van der Waals surface area contributed by atoms with Crippen molar-refractivity contribution < 1.29 is 19.4 Å². The van der Waals surface area contributed by atoms with Crippen molar-refractivity contribution in [2.24, 2.45) is 0 Å². The molecule has 0 aliphatic rings. The highest BCUT2D eigenvalue weighted by Gasteiger charge is 2.12. The van der Waals surface area contributed by atoms with Crippen molar-refractivity contribution >= 4 is 11.8 Å². The molecule has 1 N–H and O–H groups in total. The van der Waals surface area contributed by atoms with Crippen molar-refractivity contribution in [1.82, 2.24) is 0 Å². The average molecular weight is 326 g/mol. The highest BCUT2D eigenvalue weighted by Crippen LogP contribution is 2.28. The molecule has 2 aromatic carbocycles. The number of methoxy groups -OCH3 is 1. The second-order valence-corrected chi connectivity index (χ2v) is 5.73. The van der Waals surface area contributed by atoms with Gasteiger partial charge in [-0.2, -0.15) is 0 Å². The lowest BCUT2D eigenvalue weighted by Gasteiger charge is -2.11. The summed E-state index contributed by atoms with van der Waals surface area (Å²) in [6.07, 6.45) is 0.762. The number of aryl methyl sites for hydroxylation is 2. The number of aliphatic carboxylic acids is 1. The minimum absolute atomic E-state index is 0.0258. The predicted molar refractivity (Wildman–Crippen MR) is 93.7 cm³/mol. The summed E-state index contributed by atoms with van der Waals surface area (Å²) in [5, 5.41) is 8.70. The number of carboxylic acids is 1. The molecule has 0 aromatic heterocycles. The van der Waals surface area contributed by atoms with Gasteiger partial charge in [-0.1, -0.05) is 31.2 Å². The van der Waals surface area contributed by atoms with Gasteiger partial charge in [-0.3, -0.25) is 9.59 Å². The minimum atomic E-state index is -0.956. The van der Waals surface area contributed by atoms with Gasteiger partial charge in [-0.05, 0) is 47.7 Å². The van der Waals surface area contributed by atoms with Gasteiger partial charge >= 0.3 is 5.97 Å². The maximum Gasteiger partial charge on any atom is 0.303 e. The third kappa shape index (κ3) is 4.02. The molecule has 0 aliphatic heterocycles. The highest BCUT2D eigenvalue weighted by atomic mass is 16.5. The molecule has 2 aromatic rings. The van der Waals surface area contributed by atoms with E-state index in [9.17, 15) is 9.59 Å². The van der Waals surface area contributed by atoms with Crippen molar-refractivity contribution in [2.45, 2.75) is 33.1 Å². The van der Waals surface area contributed by atoms with E-state index in [1.165, 1.54) is 0 Å². The Hall–Kier alpha value is -2.62. The summed E-state index contributed by atoms with van der Waals surface area (Å²) < 4.78 is 5.35. The molecular weight excluding hydrogens is 304 g/mol. The molecule has 0 amide bonds. The molecule has 0 aliphatic carbocycles. The summed E-state index contributed by atoms with van der Waals surface area (Å²) in [6.45, 7) is 3.96. The zero-order valence-electron chi connectivity index (χ0n) is 14.3. The molecule has 0 saturated carbocycles. The quantitative estimate of drug-likeness (QED) is 0.771. The molecule has 2 rings (SSSR count). The molecule has 0 radical (unpaired) electrons. The predicted octanol–water partition coefficient (Wildman–Crippen LogP) is 4.28. The highest BCUT2D eigenvalue weighted by molar-refractivity contribution is 5.99. The Morgan fingerprint density at radius 3 is 2.29 bits per heavy atom. The minimum Gasteiger partial charge on any atom is -0.496 e. The maximum absolute atomic E-state index is 12.1. The van der Waals surface area contributed by atoms with E-state index in [1.807, 2.05) is 31.2 Å². The van der Waals surface area contributed by atoms with Crippen LogP contribution in [0, 0.1) is 6.92 Å². The van der Waals surface area contributed by atoms with Crippen molar-refractivity contribution in [2.75, 3.05) is 7.11 Å². The number of rotatable bonds is 7. The number of benzene rings is 2. The van der Waals surface area contributed by atoms with Gasteiger partial charge in [0.05, 0.1) is 13.5 Å². The van der Waals surface area contributed by atoms with E-state index >= 15 is 0 Å². The first kappa shape index (κ1) is 17.7. The maximum atomic E-state index is 12.1. The zero-order valence-corrected chi connectivity index (χ0v) is 14.3. The van der Waals surface area contributed by atoms with Gasteiger partial charge in [0.2, 0.25) is 0 Å². The first-order chi connectivity index (χ1) is 11.5. The summed E-state index contributed by atoms with van der Waals surface area (Å²) in [4.78, 5) is 22.7. The van der Waals surface area contributed by atoms with Gasteiger partial charge in [0.1, 0.15) is 5.75 Å². The van der Waals surface area contributed by atoms with Gasteiger partial charge in [0, 0.05) is 12.0 Å². The molecule has 0 spiro atoms. The Kier molecular flexibility index (Phi) is 5.74. The molecule has 0 saturated heterocycles. The molecule has 126 valence electrons. The van der Waals surface area contributed by atoms with Crippen molar-refractivity contribution in [3.63, 3.8) is 0 Å². The lowest BCUT2D eigenvalue weighted by Crippen LogP contribution is -2.05. The van der Waals surface area contributed by atoms with Crippen LogP contribution < -0.4 is 4.74 Å². The molecule has 0 unspecified atom stereocenters. The van der Waals surface area contributed by atoms with Gasteiger partial charge in [-0.15, -0.1) is 0 Å². The summed E-state index contributed by atoms with van der Waals surface area (Å²) in [7, 11) is 1.66. The first-order valence-electron chi connectivity index (χ1n) is 7.99. The zero-order chi connectivity index (χ0) is 17.7. The van der Waals surface area contributed by atoms with E-state index in [4.69, 9.17) is 9.84 Å². The third-order valence-electron chi connectivity index (χ3n) is 4.09. The van der Waals surface area contributed by atoms with Crippen LogP contribution >= 0.6 is 0 Å². The van der Waals surface area contributed by atoms with Crippen LogP contribution in [0.5, 0.6) is 5.75 Å². The van der Waals surface area contributed by atoms with E-state index in [0.29, 0.717) is 5.56 Å². The van der Waals surface area contributed by atoms with E-state index < -0.39 is 5.97 Å². The lowest BCUT2D eigenvalue weighted by molar-refractivity contribution is -0.136. The largest absolute Gasteiger partial charge is 0.496 e. The fourth-order valence-corrected chi connectivity index (χ4v) is 2.75. The van der Waals surface area contributed by atoms with Crippen molar-refractivity contribution in [3.8, 4) is 16.9 Å². The molecule has 24 heavy (non-hydrogen) atoms. The van der Waals surface area contributed by atoms with Crippen LogP contribution in [0.15, 0.2) is 36.4 Å². The van der Waals surface area contributed by atoms with Crippen LogP contribution in [0.4, 0.5) is 0 Å². The number of ether oxygens (including phenoxy) is 1. The summed E-state index contributed by atoms with van der Waals surface area (Å²) in [6, 6.07) is 11.7. The smallest absolute Gasteiger partial charge is 0.303 e. The fraction of sp³-hybridized carbons (Fsp3) is 0.300. The second-order valence-electron chi connectivity index (χ2n) is 5.73. The number of Topliss-reactive ketones (excluding diaryl/α,β-unsaturated/α-hetero) is 1. The topological polar surface area (TPSA) is 63.6 Å². The van der Waals surface area contributed by atoms with Gasteiger partial charge in [0.15, 0.2) is 5.78 Å². The molecule has 0 bridgehead atoms. The Morgan fingerprint density at radius 1 is 1.04 bits per heavy atom. The fourth-order valence-electron chi connectivity index (χ4n) is 2.75. The Morgan fingerprint density at radius 2 is 1.71 bits per heavy atom. The number of hydrogen-bond acceptors (Lipinski definition) is 3. The van der Waals surface area contributed by atoms with Gasteiger partial charge in [-0.25, -0.2) is 0 Å². The first-order valence-corrected chi connectivity index (χ1v) is 7.99. The van der Waals surface area contributed by atoms with E-state index in [1.54, 1.807) is 13.2 Å². The van der Waals surface area contributed by atoms with Gasteiger partial charge < -0.3 is 9.84 Å². The molecular formula is C20H22O4. The number of carbonyl (C=O) groups excluding carboxylic acids is 1. The Labute approximate surface area is 142 Å². The summed E-state index contributed by atoms with van der Waals surface area (Å²) in [5.41, 5.74) is 4.68. The van der Waals surface area contributed by atoms with E-state index in [0.717, 1.165) is 34.4 Å². The van der Waals surface area contributed by atoms with Crippen LogP contribution in [-0.4, -0.2) is 24.0 Å². The standard InChI is InChI=1S/C20H22O4/c1-4-14-12-16(6-9-19(14)24-3)15-5-7-17(13(2)11-15)18(21)8-10-20(22)23/h5-7,9,11-12H,4,8,10H2,1-3H3,(H,22,23). The van der Waals surface area contributed by atoms with Crippen molar-refractivity contribution in [3.05, 3.63) is 53.1 Å².